The zero-order valence-corrected chi connectivity index (χ0v) is 19.5. The third kappa shape index (κ3) is 6.91. The van der Waals surface area contributed by atoms with Gasteiger partial charge in [0.25, 0.3) is 0 Å². The number of rotatable bonds is 8. The second kappa shape index (κ2) is 10.8. The zero-order chi connectivity index (χ0) is 24.2. The van der Waals surface area contributed by atoms with Crippen LogP contribution in [0.1, 0.15) is 31.7 Å². The van der Waals surface area contributed by atoms with Crippen LogP contribution in [-0.2, 0) is 9.53 Å². The number of esters is 1. The van der Waals surface area contributed by atoms with Gasteiger partial charge in [0.1, 0.15) is 29.2 Å². The van der Waals surface area contributed by atoms with Gasteiger partial charge in [0.2, 0.25) is 0 Å². The van der Waals surface area contributed by atoms with Gasteiger partial charge in [0, 0.05) is 13.0 Å². The molecular weight excluding hydrogens is 482 g/mol. The van der Waals surface area contributed by atoms with E-state index >= 15 is 0 Å². The van der Waals surface area contributed by atoms with Crippen molar-refractivity contribution in [3.05, 3.63) is 58.1 Å². The van der Waals surface area contributed by atoms with E-state index in [9.17, 15) is 18.0 Å². The number of carbonyl (C=O) groups is 1. The van der Waals surface area contributed by atoms with Crippen LogP contribution in [0, 0.1) is 0 Å². The Hall–Kier alpha value is -2.16. The normalized spacial score (nSPS) is 19.4. The van der Waals surface area contributed by atoms with Gasteiger partial charge in [0.05, 0.1) is 11.1 Å². The molecule has 33 heavy (non-hydrogen) atoms. The van der Waals surface area contributed by atoms with Crippen molar-refractivity contribution in [2.45, 2.75) is 50.6 Å². The summed E-state index contributed by atoms with van der Waals surface area (Å²) in [6.45, 7) is 4.19. The SMILES string of the molecule is CC(C)c1ccc(O[C@H]2CN[C@@H](C(COc3cccc(Cl)c3Cl)OC(=O)C(F)(F)F)C2)cc1. The number of benzene rings is 2. The van der Waals surface area contributed by atoms with Crippen molar-refractivity contribution in [2.75, 3.05) is 13.2 Å². The zero-order valence-electron chi connectivity index (χ0n) is 18.0. The maximum absolute atomic E-state index is 12.8. The standard InChI is InChI=1S/C23H24Cl2F3NO4/c1-13(2)14-6-8-15(9-7-14)32-16-10-18(29-11-16)20(33-22(30)23(26,27)28)12-31-19-5-3-4-17(24)21(19)25/h3-9,13,16,18,20,29H,10-12H2,1-2H3/t16-,18-,20?/m1/s1. The topological polar surface area (TPSA) is 56.8 Å². The molecule has 1 unspecified atom stereocenters. The number of halogens is 5. The summed E-state index contributed by atoms with van der Waals surface area (Å²) in [6, 6.07) is 11.7. The molecule has 2 aromatic carbocycles. The van der Waals surface area contributed by atoms with E-state index in [0.29, 0.717) is 24.6 Å². The van der Waals surface area contributed by atoms with Crippen LogP contribution < -0.4 is 14.8 Å². The second-order valence-electron chi connectivity index (χ2n) is 8.02. The Balaban J connectivity index is 1.66. The Kier molecular flexibility index (Phi) is 8.37. The van der Waals surface area contributed by atoms with Gasteiger partial charge in [-0.1, -0.05) is 55.2 Å². The molecule has 1 aliphatic rings. The third-order valence-electron chi connectivity index (χ3n) is 5.23. The van der Waals surface area contributed by atoms with E-state index in [1.807, 2.05) is 24.3 Å². The summed E-state index contributed by atoms with van der Waals surface area (Å²) in [5.41, 5.74) is 1.17. The van der Waals surface area contributed by atoms with Crippen molar-refractivity contribution in [3.63, 3.8) is 0 Å². The summed E-state index contributed by atoms with van der Waals surface area (Å²) in [6.07, 6.45) is -6.36. The first-order valence-electron chi connectivity index (χ1n) is 10.4. The first-order valence-corrected chi connectivity index (χ1v) is 11.1. The van der Waals surface area contributed by atoms with Crippen LogP contribution in [0.4, 0.5) is 13.2 Å². The highest BCUT2D eigenvalue weighted by molar-refractivity contribution is 6.42. The van der Waals surface area contributed by atoms with Crippen LogP contribution in [0.25, 0.3) is 0 Å². The molecule has 0 amide bonds. The van der Waals surface area contributed by atoms with Crippen LogP contribution in [-0.4, -0.2) is 43.5 Å². The number of alkyl halides is 3. The summed E-state index contributed by atoms with van der Waals surface area (Å²) in [5.74, 6) is -1.08. The van der Waals surface area contributed by atoms with Gasteiger partial charge in [-0.05, 0) is 35.7 Å². The molecule has 10 heteroatoms. The molecule has 0 aromatic heterocycles. The van der Waals surface area contributed by atoms with Crippen LogP contribution in [0.2, 0.25) is 10.0 Å². The molecule has 0 aliphatic carbocycles. The molecule has 2 aromatic rings. The summed E-state index contributed by atoms with van der Waals surface area (Å²) >= 11 is 12.0. The number of ether oxygens (including phenoxy) is 3. The maximum atomic E-state index is 12.8. The minimum absolute atomic E-state index is 0.116. The van der Waals surface area contributed by atoms with Crippen molar-refractivity contribution in [2.24, 2.45) is 0 Å². The molecule has 1 heterocycles. The van der Waals surface area contributed by atoms with Gasteiger partial charge in [-0.3, -0.25) is 0 Å². The molecule has 1 aliphatic heterocycles. The minimum atomic E-state index is -5.13. The molecule has 3 rings (SSSR count). The van der Waals surface area contributed by atoms with Gasteiger partial charge in [0.15, 0.2) is 6.10 Å². The predicted octanol–water partition coefficient (Wildman–Crippen LogP) is 5.78. The van der Waals surface area contributed by atoms with Crippen LogP contribution in [0.3, 0.4) is 0 Å². The van der Waals surface area contributed by atoms with Gasteiger partial charge in [-0.25, -0.2) is 4.79 Å². The Labute approximate surface area is 200 Å². The lowest BCUT2D eigenvalue weighted by Gasteiger charge is -2.25. The van der Waals surface area contributed by atoms with E-state index in [1.165, 1.54) is 11.6 Å². The van der Waals surface area contributed by atoms with E-state index in [4.69, 9.17) is 37.4 Å². The highest BCUT2D eigenvalue weighted by Gasteiger charge is 2.44. The van der Waals surface area contributed by atoms with Crippen LogP contribution >= 0.6 is 23.2 Å². The number of hydrogen-bond donors (Lipinski definition) is 1. The highest BCUT2D eigenvalue weighted by Crippen LogP contribution is 2.32. The van der Waals surface area contributed by atoms with Crippen molar-refractivity contribution >= 4 is 29.2 Å². The van der Waals surface area contributed by atoms with Crippen molar-refractivity contribution < 1.29 is 32.2 Å². The Bertz CT molecular complexity index is 954. The van der Waals surface area contributed by atoms with Crippen LogP contribution in [0.5, 0.6) is 11.5 Å². The minimum Gasteiger partial charge on any atom is -0.489 e. The fraction of sp³-hybridized carbons (Fsp3) is 0.435. The van der Waals surface area contributed by atoms with E-state index in [2.05, 4.69) is 19.2 Å². The van der Waals surface area contributed by atoms with Gasteiger partial charge in [-0.2, -0.15) is 13.2 Å². The molecule has 1 N–H and O–H groups in total. The number of hydrogen-bond acceptors (Lipinski definition) is 5. The van der Waals surface area contributed by atoms with Crippen molar-refractivity contribution in [3.8, 4) is 11.5 Å². The first kappa shape index (κ1) is 25.5. The quantitative estimate of drug-likeness (QED) is 0.461. The Morgan fingerprint density at radius 3 is 2.48 bits per heavy atom. The molecule has 0 spiro atoms. The molecule has 0 radical (unpaired) electrons. The molecule has 3 atom stereocenters. The van der Waals surface area contributed by atoms with Gasteiger partial charge in [-0.15, -0.1) is 0 Å². The van der Waals surface area contributed by atoms with Crippen LogP contribution in [0.15, 0.2) is 42.5 Å². The fourth-order valence-electron chi connectivity index (χ4n) is 3.43. The summed E-state index contributed by atoms with van der Waals surface area (Å²) < 4.78 is 54.8. The molecule has 0 bridgehead atoms. The van der Waals surface area contributed by atoms with E-state index in [0.717, 1.165) is 0 Å². The molecular formula is C23H24Cl2F3NO4. The van der Waals surface area contributed by atoms with Gasteiger partial charge >= 0.3 is 12.1 Å². The first-order chi connectivity index (χ1) is 15.5. The lowest BCUT2D eigenvalue weighted by Crippen LogP contribution is -2.44. The van der Waals surface area contributed by atoms with E-state index < -0.39 is 24.3 Å². The van der Waals surface area contributed by atoms with E-state index in [1.54, 1.807) is 12.1 Å². The van der Waals surface area contributed by atoms with Crippen molar-refractivity contribution in [1.29, 1.82) is 0 Å². The molecule has 1 fully saturated rings. The number of carbonyl (C=O) groups excluding carboxylic acids is 1. The predicted molar refractivity (Wildman–Crippen MR) is 119 cm³/mol. The summed E-state index contributed by atoms with van der Waals surface area (Å²) in [7, 11) is 0. The smallest absolute Gasteiger partial charge is 0.489 e. The molecule has 0 saturated carbocycles. The Morgan fingerprint density at radius 1 is 1.15 bits per heavy atom. The lowest BCUT2D eigenvalue weighted by atomic mass is 10.0. The molecule has 1 saturated heterocycles. The second-order valence-corrected chi connectivity index (χ2v) is 8.80. The summed E-state index contributed by atoms with van der Waals surface area (Å²) in [5, 5.41) is 3.41. The Morgan fingerprint density at radius 2 is 1.85 bits per heavy atom. The summed E-state index contributed by atoms with van der Waals surface area (Å²) in [4.78, 5) is 11.5. The van der Waals surface area contributed by atoms with E-state index in [-0.39, 0.29) is 28.5 Å². The monoisotopic (exact) mass is 505 g/mol. The number of nitrogens with one attached hydrogen (secondary N) is 1. The fourth-order valence-corrected chi connectivity index (χ4v) is 3.78. The third-order valence-corrected chi connectivity index (χ3v) is 6.03. The maximum Gasteiger partial charge on any atom is 0.490 e. The average Bonchev–Trinajstić information content (AvgIpc) is 3.21. The highest BCUT2D eigenvalue weighted by atomic mass is 35.5. The largest absolute Gasteiger partial charge is 0.490 e. The lowest BCUT2D eigenvalue weighted by molar-refractivity contribution is -0.207. The molecule has 180 valence electrons. The average molecular weight is 506 g/mol. The molecule has 5 nitrogen and oxygen atoms in total. The van der Waals surface area contributed by atoms with Crippen molar-refractivity contribution in [1.82, 2.24) is 5.32 Å². The van der Waals surface area contributed by atoms with Gasteiger partial charge < -0.3 is 19.5 Å².